The molecule has 0 radical (unpaired) electrons. The fraction of sp³-hybridized carbons (Fsp3) is 0.385. The van der Waals surface area contributed by atoms with Crippen LogP contribution in [0.2, 0.25) is 0 Å². The number of benzene rings is 1. The van der Waals surface area contributed by atoms with Gasteiger partial charge in [0.25, 0.3) is 11.8 Å². The fourth-order valence-electron chi connectivity index (χ4n) is 4.17. The van der Waals surface area contributed by atoms with Gasteiger partial charge >= 0.3 is 0 Å². The lowest BCUT2D eigenvalue weighted by atomic mass is 10.1. The van der Waals surface area contributed by atoms with E-state index < -0.39 is 0 Å². The van der Waals surface area contributed by atoms with Gasteiger partial charge in [-0.15, -0.1) is 0 Å². The zero-order valence-corrected chi connectivity index (χ0v) is 18.9. The minimum Gasteiger partial charge on any atom is -0.454 e. The van der Waals surface area contributed by atoms with Crippen LogP contribution < -0.4 is 0 Å². The molecule has 4 rings (SSSR count). The Morgan fingerprint density at radius 1 is 1.03 bits per heavy atom. The van der Waals surface area contributed by atoms with E-state index in [0.29, 0.717) is 31.0 Å². The maximum atomic E-state index is 13.1. The monoisotopic (exact) mass is 433 g/mol. The number of likely N-dealkylation sites (tertiary alicyclic amines) is 1. The molecule has 6 nitrogen and oxygen atoms in total. The molecule has 0 unspecified atom stereocenters. The van der Waals surface area contributed by atoms with Crippen LogP contribution in [0.15, 0.2) is 59.1 Å². The number of aromatic nitrogens is 1. The summed E-state index contributed by atoms with van der Waals surface area (Å²) in [5.41, 5.74) is 2.87. The van der Waals surface area contributed by atoms with Crippen molar-refractivity contribution in [1.82, 2.24) is 14.4 Å². The molecule has 6 heteroatoms. The van der Waals surface area contributed by atoms with Gasteiger partial charge in [0.15, 0.2) is 5.76 Å². The molecule has 32 heavy (non-hydrogen) atoms. The molecule has 0 spiro atoms. The van der Waals surface area contributed by atoms with Crippen molar-refractivity contribution in [3.05, 3.63) is 83.1 Å². The van der Waals surface area contributed by atoms with Crippen LogP contribution in [0, 0.1) is 6.92 Å². The highest BCUT2D eigenvalue weighted by Gasteiger charge is 2.22. The Morgan fingerprint density at radius 3 is 2.50 bits per heavy atom. The van der Waals surface area contributed by atoms with Gasteiger partial charge in [-0.2, -0.15) is 0 Å². The topological polar surface area (TPSA) is 58.7 Å². The van der Waals surface area contributed by atoms with Gasteiger partial charge in [-0.25, -0.2) is 0 Å². The lowest BCUT2D eigenvalue weighted by Gasteiger charge is -2.23. The standard InChI is InChI=1S/C26H31N3O3/c1-3-14-29(25(30)21-10-8-20(2)9-11-21)18-22-7-6-17-28(22)19-23-12-13-24(32-23)26(31)27-15-4-5-16-27/h6-13,17H,3-5,14-16,18-19H2,1-2H3. The average molecular weight is 434 g/mol. The Balaban J connectivity index is 1.46. The first-order valence-corrected chi connectivity index (χ1v) is 11.4. The lowest BCUT2D eigenvalue weighted by molar-refractivity contribution is 0.0736. The zero-order valence-electron chi connectivity index (χ0n) is 18.9. The van der Waals surface area contributed by atoms with Crippen LogP contribution in [0.5, 0.6) is 0 Å². The molecule has 1 fully saturated rings. The molecule has 0 N–H and O–H groups in total. The van der Waals surface area contributed by atoms with Gasteiger partial charge in [-0.1, -0.05) is 24.6 Å². The summed E-state index contributed by atoms with van der Waals surface area (Å²) in [5, 5.41) is 0. The van der Waals surface area contributed by atoms with Crippen LogP contribution in [0.1, 0.15) is 64.1 Å². The first-order chi connectivity index (χ1) is 15.5. The minimum atomic E-state index is -0.0284. The maximum absolute atomic E-state index is 13.1. The Kier molecular flexibility index (Phi) is 6.78. The summed E-state index contributed by atoms with van der Waals surface area (Å²) in [6, 6.07) is 15.4. The number of hydrogen-bond acceptors (Lipinski definition) is 3. The second-order valence-corrected chi connectivity index (χ2v) is 8.49. The molecule has 1 aliphatic rings. The van der Waals surface area contributed by atoms with Gasteiger partial charge in [-0.3, -0.25) is 9.59 Å². The lowest BCUT2D eigenvalue weighted by Crippen LogP contribution is -2.32. The quantitative estimate of drug-likeness (QED) is 0.516. The van der Waals surface area contributed by atoms with E-state index in [0.717, 1.165) is 49.4 Å². The highest BCUT2D eigenvalue weighted by molar-refractivity contribution is 5.94. The Morgan fingerprint density at radius 2 is 1.78 bits per heavy atom. The van der Waals surface area contributed by atoms with E-state index in [1.54, 1.807) is 6.07 Å². The Bertz CT molecular complexity index is 1060. The molecule has 0 aliphatic carbocycles. The van der Waals surface area contributed by atoms with E-state index >= 15 is 0 Å². The van der Waals surface area contributed by atoms with Gasteiger partial charge in [-0.05, 0) is 62.6 Å². The van der Waals surface area contributed by atoms with Crippen molar-refractivity contribution in [3.8, 4) is 0 Å². The molecule has 1 aromatic carbocycles. The number of carbonyl (C=O) groups is 2. The molecular formula is C26H31N3O3. The Hall–Kier alpha value is -3.28. The number of furan rings is 1. The summed E-state index contributed by atoms with van der Waals surface area (Å²) >= 11 is 0. The molecule has 0 bridgehead atoms. The van der Waals surface area contributed by atoms with E-state index in [9.17, 15) is 9.59 Å². The first kappa shape index (κ1) is 21.9. The van der Waals surface area contributed by atoms with Gasteiger partial charge in [0, 0.05) is 37.1 Å². The predicted molar refractivity (Wildman–Crippen MR) is 124 cm³/mol. The molecule has 2 aromatic heterocycles. The van der Waals surface area contributed by atoms with Crippen molar-refractivity contribution in [3.63, 3.8) is 0 Å². The van der Waals surface area contributed by atoms with E-state index in [-0.39, 0.29) is 11.8 Å². The van der Waals surface area contributed by atoms with Gasteiger partial charge in [0.05, 0.1) is 13.1 Å². The third kappa shape index (κ3) is 4.96. The van der Waals surface area contributed by atoms with Crippen LogP contribution in [0.4, 0.5) is 0 Å². The number of carbonyl (C=O) groups excluding carboxylic acids is 2. The third-order valence-electron chi connectivity index (χ3n) is 5.95. The number of rotatable bonds is 8. The molecular weight excluding hydrogens is 402 g/mol. The van der Waals surface area contributed by atoms with Crippen molar-refractivity contribution in [2.75, 3.05) is 19.6 Å². The predicted octanol–water partition coefficient (Wildman–Crippen LogP) is 4.73. The van der Waals surface area contributed by atoms with Crippen LogP contribution >= 0.6 is 0 Å². The van der Waals surface area contributed by atoms with Crippen molar-refractivity contribution in [2.45, 2.75) is 46.2 Å². The van der Waals surface area contributed by atoms with Crippen LogP contribution in [0.25, 0.3) is 0 Å². The molecule has 1 aliphatic heterocycles. The second-order valence-electron chi connectivity index (χ2n) is 8.49. The number of aryl methyl sites for hydroxylation is 1. The number of amides is 2. The normalized spacial score (nSPS) is 13.5. The van der Waals surface area contributed by atoms with E-state index in [1.807, 2.05) is 65.4 Å². The van der Waals surface area contributed by atoms with Gasteiger partial charge in [0.1, 0.15) is 5.76 Å². The highest BCUT2D eigenvalue weighted by Crippen LogP contribution is 2.18. The zero-order chi connectivity index (χ0) is 22.5. The molecule has 2 amide bonds. The summed E-state index contributed by atoms with van der Waals surface area (Å²) in [6.07, 6.45) is 4.99. The Labute approximate surface area is 189 Å². The van der Waals surface area contributed by atoms with E-state index in [4.69, 9.17) is 4.42 Å². The van der Waals surface area contributed by atoms with Crippen molar-refractivity contribution in [2.24, 2.45) is 0 Å². The molecule has 3 heterocycles. The van der Waals surface area contributed by atoms with Gasteiger partial charge in [0.2, 0.25) is 0 Å². The summed E-state index contributed by atoms with van der Waals surface area (Å²) in [4.78, 5) is 29.4. The van der Waals surface area contributed by atoms with Crippen molar-refractivity contribution in [1.29, 1.82) is 0 Å². The van der Waals surface area contributed by atoms with Crippen LogP contribution in [0.3, 0.4) is 0 Å². The molecule has 0 saturated carbocycles. The van der Waals surface area contributed by atoms with Crippen molar-refractivity contribution < 1.29 is 14.0 Å². The molecule has 1 saturated heterocycles. The minimum absolute atomic E-state index is 0.0284. The van der Waals surface area contributed by atoms with Crippen LogP contribution in [-0.4, -0.2) is 45.8 Å². The third-order valence-corrected chi connectivity index (χ3v) is 5.95. The smallest absolute Gasteiger partial charge is 0.289 e. The van der Waals surface area contributed by atoms with E-state index in [1.165, 1.54) is 0 Å². The summed E-state index contributed by atoms with van der Waals surface area (Å²) < 4.78 is 7.95. The first-order valence-electron chi connectivity index (χ1n) is 11.4. The summed E-state index contributed by atoms with van der Waals surface area (Å²) in [7, 11) is 0. The van der Waals surface area contributed by atoms with Crippen LogP contribution in [-0.2, 0) is 13.1 Å². The highest BCUT2D eigenvalue weighted by atomic mass is 16.4. The van der Waals surface area contributed by atoms with Gasteiger partial charge < -0.3 is 18.8 Å². The number of hydrogen-bond donors (Lipinski definition) is 0. The second kappa shape index (κ2) is 9.90. The number of nitrogens with zero attached hydrogens (tertiary/aromatic N) is 3. The van der Waals surface area contributed by atoms with E-state index in [2.05, 4.69) is 11.5 Å². The largest absolute Gasteiger partial charge is 0.454 e. The summed E-state index contributed by atoms with van der Waals surface area (Å²) in [5.74, 6) is 1.14. The maximum Gasteiger partial charge on any atom is 0.289 e. The summed E-state index contributed by atoms with van der Waals surface area (Å²) in [6.45, 7) is 7.44. The molecule has 3 aromatic rings. The van der Waals surface area contributed by atoms with Crippen molar-refractivity contribution >= 4 is 11.8 Å². The average Bonchev–Trinajstić information content (AvgIpc) is 3.56. The molecule has 0 atom stereocenters. The SMILES string of the molecule is CCCN(Cc1cccn1Cc1ccc(C(=O)N2CCCC2)o1)C(=O)c1ccc(C)cc1. The fourth-order valence-corrected chi connectivity index (χ4v) is 4.17. The molecule has 168 valence electrons.